The van der Waals surface area contributed by atoms with E-state index in [1.807, 2.05) is 20.0 Å². The minimum atomic E-state index is -1.08. The van der Waals surface area contributed by atoms with Crippen molar-refractivity contribution >= 4 is 17.4 Å². The van der Waals surface area contributed by atoms with Gasteiger partial charge in [-0.3, -0.25) is 14.3 Å². The Kier molecular flexibility index (Phi) is 6.49. The second-order valence-electron chi connectivity index (χ2n) is 9.00. The summed E-state index contributed by atoms with van der Waals surface area (Å²) in [7, 11) is 0. The number of benzene rings is 1. The summed E-state index contributed by atoms with van der Waals surface area (Å²) in [6.45, 7) is 8.17. The molecule has 1 aromatic heterocycles. The second-order valence-corrected chi connectivity index (χ2v) is 9.00. The van der Waals surface area contributed by atoms with E-state index >= 15 is 4.39 Å². The predicted octanol–water partition coefficient (Wildman–Crippen LogP) is 4.14. The van der Waals surface area contributed by atoms with Crippen LogP contribution >= 0.6 is 0 Å². The fourth-order valence-electron chi connectivity index (χ4n) is 4.12. The van der Waals surface area contributed by atoms with Crippen LogP contribution in [0.1, 0.15) is 64.3 Å². The Bertz CT molecular complexity index is 1170. The maximum Gasteiger partial charge on any atom is 0.272 e. The van der Waals surface area contributed by atoms with Crippen LogP contribution in [0, 0.1) is 5.82 Å². The van der Waals surface area contributed by atoms with E-state index in [1.54, 1.807) is 29.8 Å². The molecule has 2 aliphatic rings. The van der Waals surface area contributed by atoms with Crippen molar-refractivity contribution in [2.45, 2.75) is 58.5 Å². The zero-order chi connectivity index (χ0) is 24.5. The number of unbranched alkanes of at least 4 members (excludes halogenated alkanes) is 1. The molecule has 10 heteroatoms. The molecular formula is C24H29FN6O3. The van der Waals surface area contributed by atoms with E-state index in [1.165, 1.54) is 6.07 Å². The third-order valence-electron chi connectivity index (χ3n) is 5.98. The first-order valence-corrected chi connectivity index (χ1v) is 11.5. The molecule has 0 spiro atoms. The summed E-state index contributed by atoms with van der Waals surface area (Å²) in [6, 6.07) is 6.57. The monoisotopic (exact) mass is 468 g/mol. The van der Waals surface area contributed by atoms with Crippen LogP contribution in [0.4, 0.5) is 4.39 Å². The molecule has 34 heavy (non-hydrogen) atoms. The fourth-order valence-corrected chi connectivity index (χ4v) is 4.12. The molecule has 1 unspecified atom stereocenters. The van der Waals surface area contributed by atoms with Crippen molar-refractivity contribution < 1.29 is 18.7 Å². The molecule has 0 bridgehead atoms. The maximum absolute atomic E-state index is 15.3. The molecular weight excluding hydrogens is 439 g/mol. The van der Waals surface area contributed by atoms with E-state index in [0.29, 0.717) is 29.2 Å². The largest absolute Gasteiger partial charge is 0.493 e. The number of halogens is 1. The molecule has 4 rings (SSSR count). The number of carbonyl (C=O) groups excluding carboxylic acids is 2. The standard InChI is InChI=1S/C24H29FN6O3/c1-5-6-11-34-16-7-8-18(19(25)12-16)24(4)13-17(20-9-10-30(28-20)15(2)3)22(23(33)27-24)31-21(32)14-26-29-31/h7-10,12,15H,5-6,11,13-14H2,1-4H3,(H,27,33). The summed E-state index contributed by atoms with van der Waals surface area (Å²) in [5.74, 6) is -0.992. The molecule has 9 nitrogen and oxygen atoms in total. The van der Waals surface area contributed by atoms with Gasteiger partial charge in [0.2, 0.25) is 0 Å². The van der Waals surface area contributed by atoms with Crippen LogP contribution in [0.3, 0.4) is 0 Å². The number of carbonyl (C=O) groups is 2. The molecule has 180 valence electrons. The number of nitrogens with one attached hydrogen (secondary N) is 1. The van der Waals surface area contributed by atoms with Crippen molar-refractivity contribution in [2.24, 2.45) is 10.3 Å². The number of hydrogen-bond acceptors (Lipinski definition) is 6. The Morgan fingerprint density at radius 1 is 1.26 bits per heavy atom. The fraction of sp³-hybridized carbons (Fsp3) is 0.458. The van der Waals surface area contributed by atoms with Crippen LogP contribution in [0.25, 0.3) is 5.57 Å². The van der Waals surface area contributed by atoms with Crippen molar-refractivity contribution in [1.29, 1.82) is 0 Å². The first kappa shape index (κ1) is 23.6. The average molecular weight is 469 g/mol. The smallest absolute Gasteiger partial charge is 0.272 e. The van der Waals surface area contributed by atoms with Crippen molar-refractivity contribution in [3.63, 3.8) is 0 Å². The number of amides is 2. The Balaban J connectivity index is 1.74. The third-order valence-corrected chi connectivity index (χ3v) is 5.98. The highest BCUT2D eigenvalue weighted by Gasteiger charge is 2.43. The number of ether oxygens (including phenoxy) is 1. The lowest BCUT2D eigenvalue weighted by Crippen LogP contribution is -2.51. The van der Waals surface area contributed by atoms with Crippen molar-refractivity contribution in [1.82, 2.24) is 20.1 Å². The molecule has 3 heterocycles. The topological polar surface area (TPSA) is 101 Å². The summed E-state index contributed by atoms with van der Waals surface area (Å²) in [5.41, 5.74) is 0.335. The highest BCUT2D eigenvalue weighted by atomic mass is 19.1. The van der Waals surface area contributed by atoms with Crippen LogP contribution in [-0.4, -0.2) is 39.8 Å². The highest BCUT2D eigenvalue weighted by Crippen LogP contribution is 2.41. The van der Waals surface area contributed by atoms with Gasteiger partial charge < -0.3 is 10.1 Å². The van der Waals surface area contributed by atoms with Gasteiger partial charge in [-0.1, -0.05) is 24.6 Å². The normalized spacial score (nSPS) is 20.5. The van der Waals surface area contributed by atoms with Gasteiger partial charge in [-0.15, -0.1) is 0 Å². The van der Waals surface area contributed by atoms with Crippen molar-refractivity contribution in [3.05, 3.63) is 53.2 Å². The summed E-state index contributed by atoms with van der Waals surface area (Å²) in [4.78, 5) is 25.7. The molecule has 2 aromatic rings. The highest BCUT2D eigenvalue weighted by molar-refractivity contribution is 6.06. The van der Waals surface area contributed by atoms with Gasteiger partial charge in [0, 0.05) is 35.9 Å². The van der Waals surface area contributed by atoms with E-state index in [-0.39, 0.29) is 24.7 Å². The van der Waals surface area contributed by atoms with Gasteiger partial charge in [0.1, 0.15) is 23.8 Å². The maximum atomic E-state index is 15.3. The van der Waals surface area contributed by atoms with Gasteiger partial charge in [0.15, 0.2) is 0 Å². The van der Waals surface area contributed by atoms with E-state index in [0.717, 1.165) is 17.9 Å². The van der Waals surface area contributed by atoms with Gasteiger partial charge in [0.05, 0.1) is 17.8 Å². The molecule has 0 saturated carbocycles. The Hall–Kier alpha value is -3.56. The van der Waals surface area contributed by atoms with Gasteiger partial charge in [-0.05, 0) is 39.3 Å². The van der Waals surface area contributed by atoms with E-state index < -0.39 is 23.2 Å². The molecule has 0 aliphatic carbocycles. The van der Waals surface area contributed by atoms with Crippen molar-refractivity contribution in [2.75, 3.05) is 13.2 Å². The summed E-state index contributed by atoms with van der Waals surface area (Å²) in [5, 5.41) is 16.1. The number of aromatic nitrogens is 2. The first-order valence-electron chi connectivity index (χ1n) is 11.5. The van der Waals surface area contributed by atoms with Crippen LogP contribution in [0.5, 0.6) is 5.75 Å². The number of hydrogen-bond donors (Lipinski definition) is 1. The summed E-state index contributed by atoms with van der Waals surface area (Å²) >= 11 is 0. The van der Waals surface area contributed by atoms with E-state index in [9.17, 15) is 9.59 Å². The Morgan fingerprint density at radius 3 is 2.68 bits per heavy atom. The van der Waals surface area contributed by atoms with Gasteiger partial charge in [-0.25, -0.2) is 4.39 Å². The minimum absolute atomic E-state index is 0.0673. The van der Waals surface area contributed by atoms with Gasteiger partial charge >= 0.3 is 0 Å². The molecule has 1 aromatic carbocycles. The van der Waals surface area contributed by atoms with Crippen LogP contribution in [0.15, 0.2) is 46.5 Å². The third kappa shape index (κ3) is 4.44. The van der Waals surface area contributed by atoms with Crippen LogP contribution in [-0.2, 0) is 15.1 Å². The summed E-state index contributed by atoms with van der Waals surface area (Å²) < 4.78 is 22.6. The van der Waals surface area contributed by atoms with Gasteiger partial charge in [-0.2, -0.15) is 15.2 Å². The predicted molar refractivity (Wildman–Crippen MR) is 123 cm³/mol. The average Bonchev–Trinajstić information content (AvgIpc) is 3.43. The molecule has 2 aliphatic heterocycles. The minimum Gasteiger partial charge on any atom is -0.493 e. The van der Waals surface area contributed by atoms with E-state index in [4.69, 9.17) is 4.74 Å². The zero-order valence-electron chi connectivity index (χ0n) is 19.8. The Morgan fingerprint density at radius 2 is 2.06 bits per heavy atom. The lowest BCUT2D eigenvalue weighted by Gasteiger charge is -2.38. The zero-order valence-corrected chi connectivity index (χ0v) is 19.8. The van der Waals surface area contributed by atoms with Crippen LogP contribution < -0.4 is 10.1 Å². The number of rotatable bonds is 8. The molecule has 0 fully saturated rings. The lowest BCUT2D eigenvalue weighted by atomic mass is 9.80. The van der Waals surface area contributed by atoms with E-state index in [2.05, 4.69) is 27.7 Å². The second kappa shape index (κ2) is 9.36. The van der Waals surface area contributed by atoms with Gasteiger partial charge in [0.25, 0.3) is 11.8 Å². The van der Waals surface area contributed by atoms with Crippen molar-refractivity contribution in [3.8, 4) is 5.75 Å². The molecule has 2 amide bonds. The molecule has 0 radical (unpaired) electrons. The Labute approximate surface area is 197 Å². The molecule has 1 N–H and O–H groups in total. The SMILES string of the molecule is CCCCOc1ccc(C2(C)CC(c3ccn(C(C)C)n3)=C(N3N=NCC3=O)C(=O)N2)c(F)c1. The summed E-state index contributed by atoms with van der Waals surface area (Å²) in [6.07, 6.45) is 3.87. The molecule has 1 atom stereocenters. The molecule has 0 saturated heterocycles. The quantitative estimate of drug-likeness (QED) is 0.589. The first-order chi connectivity index (χ1) is 16.2. The van der Waals surface area contributed by atoms with Crippen LogP contribution in [0.2, 0.25) is 0 Å². The number of nitrogens with zero attached hydrogens (tertiary/aromatic N) is 5. The lowest BCUT2D eigenvalue weighted by molar-refractivity contribution is -0.130.